The van der Waals surface area contributed by atoms with Crippen LogP contribution in [0.2, 0.25) is 0 Å². The Hall–Kier alpha value is -1.97. The Kier molecular flexibility index (Phi) is 8.87. The summed E-state index contributed by atoms with van der Waals surface area (Å²) in [5.74, 6) is 3.56. The molecule has 150 valence electrons. The minimum absolute atomic E-state index is 0. The van der Waals surface area contributed by atoms with E-state index in [1.54, 1.807) is 27.5 Å². The molecule has 0 unspecified atom stereocenters. The fraction of sp³-hybridized carbons (Fsp3) is 0.474. The van der Waals surface area contributed by atoms with E-state index in [0.717, 1.165) is 11.3 Å². The summed E-state index contributed by atoms with van der Waals surface area (Å²) in [5.41, 5.74) is 0.996. The fourth-order valence-electron chi connectivity index (χ4n) is 2.30. The number of benzene rings is 1. The minimum atomic E-state index is -0.0569. The predicted octanol–water partition coefficient (Wildman–Crippen LogP) is 3.47. The molecule has 1 heterocycles. The van der Waals surface area contributed by atoms with Crippen molar-refractivity contribution in [2.24, 2.45) is 4.99 Å². The summed E-state index contributed by atoms with van der Waals surface area (Å²) in [6, 6.07) is 5.79. The number of hydrogen-bond acceptors (Lipinski definition) is 5. The normalized spacial score (nSPS) is 11.6. The Morgan fingerprint density at radius 3 is 2.33 bits per heavy atom. The number of methoxy groups -OCH3 is 2. The first-order valence-corrected chi connectivity index (χ1v) is 8.48. The lowest BCUT2D eigenvalue weighted by molar-refractivity contribution is 0.354. The molecule has 2 rings (SSSR count). The molecular formula is C19H29IN4O3. The first-order valence-electron chi connectivity index (χ1n) is 8.48. The average molecular weight is 488 g/mol. The maximum atomic E-state index is 5.77. The number of nitrogens with zero attached hydrogens (tertiary/aromatic N) is 2. The zero-order valence-corrected chi connectivity index (χ0v) is 19.1. The van der Waals surface area contributed by atoms with Crippen LogP contribution < -0.4 is 20.1 Å². The SMILES string of the molecule is CN=C(NCc1ccc(OC)c(OC)c1)NCc1ncc(C(C)(C)C)o1.I. The van der Waals surface area contributed by atoms with Crippen LogP contribution in [0.4, 0.5) is 0 Å². The van der Waals surface area contributed by atoms with Gasteiger partial charge in [-0.15, -0.1) is 24.0 Å². The summed E-state index contributed by atoms with van der Waals surface area (Å²) in [6.45, 7) is 7.33. The van der Waals surface area contributed by atoms with Gasteiger partial charge in [0.2, 0.25) is 5.89 Å². The highest BCUT2D eigenvalue weighted by atomic mass is 127. The third-order valence-corrected chi connectivity index (χ3v) is 3.83. The average Bonchev–Trinajstić information content (AvgIpc) is 3.11. The lowest BCUT2D eigenvalue weighted by Crippen LogP contribution is -2.36. The molecule has 0 radical (unpaired) electrons. The van der Waals surface area contributed by atoms with Gasteiger partial charge in [-0.05, 0) is 17.7 Å². The quantitative estimate of drug-likeness (QED) is 0.368. The van der Waals surface area contributed by atoms with Gasteiger partial charge in [0.05, 0.1) is 27.0 Å². The molecular weight excluding hydrogens is 459 g/mol. The molecule has 0 fully saturated rings. The highest BCUT2D eigenvalue weighted by Gasteiger charge is 2.19. The number of aliphatic imine (C=N–C) groups is 1. The van der Waals surface area contributed by atoms with Crippen LogP contribution in [0.3, 0.4) is 0 Å². The number of ether oxygens (including phenoxy) is 2. The Labute approximate surface area is 178 Å². The standard InChI is InChI=1S/C19H28N4O3.HI/c1-19(2,3)16-11-21-17(26-16)12-23-18(20-4)22-10-13-7-8-14(24-5)15(9-13)25-6;/h7-9,11H,10,12H2,1-6H3,(H2,20,22,23);1H. The van der Waals surface area contributed by atoms with E-state index in [2.05, 4.69) is 41.4 Å². The van der Waals surface area contributed by atoms with Gasteiger partial charge in [0, 0.05) is 19.0 Å². The zero-order valence-electron chi connectivity index (χ0n) is 16.8. The number of halogens is 1. The van der Waals surface area contributed by atoms with Crippen molar-refractivity contribution in [3.05, 3.63) is 41.6 Å². The van der Waals surface area contributed by atoms with Crippen LogP contribution >= 0.6 is 24.0 Å². The van der Waals surface area contributed by atoms with Gasteiger partial charge in [0.1, 0.15) is 5.76 Å². The second kappa shape index (κ2) is 10.4. The number of rotatable bonds is 6. The van der Waals surface area contributed by atoms with Crippen molar-refractivity contribution >= 4 is 29.9 Å². The van der Waals surface area contributed by atoms with Crippen LogP contribution in [0.5, 0.6) is 11.5 Å². The molecule has 0 aliphatic rings. The fourth-order valence-corrected chi connectivity index (χ4v) is 2.30. The topological polar surface area (TPSA) is 80.9 Å². The highest BCUT2D eigenvalue weighted by molar-refractivity contribution is 14.0. The molecule has 0 saturated heterocycles. The maximum absolute atomic E-state index is 5.77. The summed E-state index contributed by atoms with van der Waals surface area (Å²) in [7, 11) is 4.97. The minimum Gasteiger partial charge on any atom is -0.493 e. The number of guanidine groups is 1. The number of aromatic nitrogens is 1. The molecule has 0 spiro atoms. The van der Waals surface area contributed by atoms with Crippen molar-refractivity contribution in [1.29, 1.82) is 0 Å². The van der Waals surface area contributed by atoms with Crippen LogP contribution in [-0.2, 0) is 18.5 Å². The van der Waals surface area contributed by atoms with E-state index < -0.39 is 0 Å². The molecule has 0 amide bonds. The van der Waals surface area contributed by atoms with Crippen LogP contribution in [0.15, 0.2) is 33.8 Å². The highest BCUT2D eigenvalue weighted by Crippen LogP contribution is 2.27. The lowest BCUT2D eigenvalue weighted by Gasteiger charge is -2.14. The monoisotopic (exact) mass is 488 g/mol. The number of nitrogens with one attached hydrogen (secondary N) is 2. The molecule has 0 atom stereocenters. The van der Waals surface area contributed by atoms with Gasteiger partial charge in [-0.2, -0.15) is 0 Å². The third kappa shape index (κ3) is 6.60. The van der Waals surface area contributed by atoms with Gasteiger partial charge in [-0.1, -0.05) is 26.8 Å². The molecule has 27 heavy (non-hydrogen) atoms. The molecule has 1 aromatic heterocycles. The van der Waals surface area contributed by atoms with E-state index in [9.17, 15) is 0 Å². The van der Waals surface area contributed by atoms with Crippen LogP contribution in [0.25, 0.3) is 0 Å². The van der Waals surface area contributed by atoms with Gasteiger partial charge in [0.15, 0.2) is 17.5 Å². The van der Waals surface area contributed by atoms with Crippen molar-refractivity contribution in [2.45, 2.75) is 39.3 Å². The first-order chi connectivity index (χ1) is 12.4. The largest absolute Gasteiger partial charge is 0.493 e. The summed E-state index contributed by atoms with van der Waals surface area (Å²) in [4.78, 5) is 8.53. The Morgan fingerprint density at radius 1 is 1.11 bits per heavy atom. The second-order valence-corrected chi connectivity index (χ2v) is 6.84. The van der Waals surface area contributed by atoms with E-state index in [4.69, 9.17) is 13.9 Å². The molecule has 0 aliphatic carbocycles. The maximum Gasteiger partial charge on any atom is 0.213 e. The van der Waals surface area contributed by atoms with Gasteiger partial charge in [0.25, 0.3) is 0 Å². The Morgan fingerprint density at radius 2 is 1.78 bits per heavy atom. The van der Waals surface area contributed by atoms with Gasteiger partial charge >= 0.3 is 0 Å². The van der Waals surface area contributed by atoms with Crippen molar-refractivity contribution in [3.8, 4) is 11.5 Å². The predicted molar refractivity (Wildman–Crippen MR) is 117 cm³/mol. The van der Waals surface area contributed by atoms with Gasteiger partial charge in [-0.25, -0.2) is 4.98 Å². The molecule has 0 aliphatic heterocycles. The van der Waals surface area contributed by atoms with Crippen LogP contribution in [-0.4, -0.2) is 32.2 Å². The molecule has 2 N–H and O–H groups in total. The van der Waals surface area contributed by atoms with Gasteiger partial charge < -0.3 is 24.5 Å². The van der Waals surface area contributed by atoms with E-state index in [0.29, 0.717) is 36.4 Å². The third-order valence-electron chi connectivity index (χ3n) is 3.83. The molecule has 1 aromatic carbocycles. The van der Waals surface area contributed by atoms with Gasteiger partial charge in [-0.3, -0.25) is 4.99 Å². The van der Waals surface area contributed by atoms with Crippen molar-refractivity contribution in [3.63, 3.8) is 0 Å². The van der Waals surface area contributed by atoms with E-state index in [1.807, 2.05) is 18.2 Å². The van der Waals surface area contributed by atoms with E-state index in [-0.39, 0.29) is 29.4 Å². The molecule has 2 aromatic rings. The molecule has 8 heteroatoms. The summed E-state index contributed by atoms with van der Waals surface area (Å²) in [5, 5.41) is 6.45. The molecule has 0 saturated carbocycles. The van der Waals surface area contributed by atoms with Crippen molar-refractivity contribution in [2.75, 3.05) is 21.3 Å². The lowest BCUT2D eigenvalue weighted by atomic mass is 9.94. The summed E-state index contributed by atoms with van der Waals surface area (Å²) < 4.78 is 16.4. The molecule has 0 bridgehead atoms. The Bertz CT molecular complexity index is 754. The van der Waals surface area contributed by atoms with E-state index >= 15 is 0 Å². The number of oxazole rings is 1. The summed E-state index contributed by atoms with van der Waals surface area (Å²) >= 11 is 0. The smallest absolute Gasteiger partial charge is 0.213 e. The molecule has 7 nitrogen and oxygen atoms in total. The zero-order chi connectivity index (χ0) is 19.2. The number of hydrogen-bond donors (Lipinski definition) is 2. The van der Waals surface area contributed by atoms with Crippen molar-refractivity contribution < 1.29 is 13.9 Å². The van der Waals surface area contributed by atoms with Crippen molar-refractivity contribution in [1.82, 2.24) is 15.6 Å². The van der Waals surface area contributed by atoms with Crippen LogP contribution in [0, 0.1) is 0 Å². The Balaban J connectivity index is 0.00000364. The first kappa shape index (κ1) is 23.1. The summed E-state index contributed by atoms with van der Waals surface area (Å²) in [6.07, 6.45) is 1.77. The van der Waals surface area contributed by atoms with Crippen LogP contribution in [0.1, 0.15) is 38.0 Å². The van der Waals surface area contributed by atoms with E-state index in [1.165, 1.54) is 0 Å². The second-order valence-electron chi connectivity index (χ2n) is 6.84.